The molecule has 1 heteroatoms. The first-order valence-electron chi connectivity index (χ1n) is 5.18. The van der Waals surface area contributed by atoms with Crippen molar-refractivity contribution in [1.29, 1.82) is 0 Å². The minimum atomic E-state index is 0.522. The molecule has 0 radical (unpaired) electrons. The second kappa shape index (κ2) is 4.27. The van der Waals surface area contributed by atoms with Crippen molar-refractivity contribution in [2.24, 2.45) is 17.8 Å². The van der Waals surface area contributed by atoms with Gasteiger partial charge in [-0.2, -0.15) is 0 Å². The average molecular weight is 170 g/mol. The predicted molar refractivity (Wildman–Crippen MR) is 52.1 cm³/mol. The largest absolute Gasteiger partial charge is 0.381 e. The molecule has 2 unspecified atom stereocenters. The highest BCUT2D eigenvalue weighted by molar-refractivity contribution is 4.80. The zero-order valence-corrected chi connectivity index (χ0v) is 8.84. The second-order valence-corrected chi connectivity index (χ2v) is 4.60. The summed E-state index contributed by atoms with van der Waals surface area (Å²) in [5, 5.41) is 0. The first-order chi connectivity index (χ1) is 5.65. The van der Waals surface area contributed by atoms with Crippen LogP contribution in [0.5, 0.6) is 0 Å². The Morgan fingerprint density at radius 1 is 1.25 bits per heavy atom. The van der Waals surface area contributed by atoms with Crippen LogP contribution in [0.25, 0.3) is 0 Å². The molecule has 0 aromatic heterocycles. The molecule has 0 aromatic carbocycles. The molecule has 1 fully saturated rings. The molecule has 0 aromatic rings. The molecule has 1 aliphatic rings. The molecule has 72 valence electrons. The van der Waals surface area contributed by atoms with Gasteiger partial charge in [-0.05, 0) is 30.6 Å². The summed E-state index contributed by atoms with van der Waals surface area (Å²) in [6.45, 7) is 6.96. The Balaban J connectivity index is 2.50. The van der Waals surface area contributed by atoms with E-state index in [1.54, 1.807) is 0 Å². The van der Waals surface area contributed by atoms with E-state index in [0.717, 1.165) is 17.8 Å². The molecule has 1 rings (SSSR count). The van der Waals surface area contributed by atoms with Crippen molar-refractivity contribution in [2.45, 2.75) is 46.1 Å². The van der Waals surface area contributed by atoms with Crippen molar-refractivity contribution >= 4 is 0 Å². The quantitative estimate of drug-likeness (QED) is 0.619. The summed E-state index contributed by atoms with van der Waals surface area (Å²) in [5.41, 5.74) is 0. The molecule has 1 aliphatic carbocycles. The molecular weight excluding hydrogens is 148 g/mol. The Morgan fingerprint density at radius 2 is 1.92 bits per heavy atom. The Bertz CT molecular complexity index is 131. The predicted octanol–water partition coefficient (Wildman–Crippen LogP) is 3.09. The van der Waals surface area contributed by atoms with E-state index in [4.69, 9.17) is 4.74 Å². The summed E-state index contributed by atoms with van der Waals surface area (Å²) < 4.78 is 5.54. The summed E-state index contributed by atoms with van der Waals surface area (Å²) >= 11 is 0. The van der Waals surface area contributed by atoms with Crippen LogP contribution >= 0.6 is 0 Å². The number of methoxy groups -OCH3 is 1. The Morgan fingerprint density at radius 3 is 2.42 bits per heavy atom. The molecule has 0 amide bonds. The third-order valence-corrected chi connectivity index (χ3v) is 3.26. The van der Waals surface area contributed by atoms with Crippen LogP contribution in [0.1, 0.15) is 40.0 Å². The first-order valence-corrected chi connectivity index (χ1v) is 5.18. The number of hydrogen-bond donors (Lipinski definition) is 0. The van der Waals surface area contributed by atoms with E-state index in [0.29, 0.717) is 6.10 Å². The number of ether oxygens (including phenoxy) is 1. The summed E-state index contributed by atoms with van der Waals surface area (Å²) in [5.74, 6) is 2.44. The molecular formula is C11H22O. The summed E-state index contributed by atoms with van der Waals surface area (Å²) in [7, 11) is 1.86. The van der Waals surface area contributed by atoms with E-state index < -0.39 is 0 Å². The van der Waals surface area contributed by atoms with Gasteiger partial charge in [0.15, 0.2) is 0 Å². The molecule has 0 spiro atoms. The van der Waals surface area contributed by atoms with Crippen LogP contribution in [-0.4, -0.2) is 13.2 Å². The first kappa shape index (κ1) is 10.0. The highest BCUT2D eigenvalue weighted by atomic mass is 16.5. The zero-order chi connectivity index (χ0) is 9.14. The lowest BCUT2D eigenvalue weighted by Crippen LogP contribution is -2.33. The van der Waals surface area contributed by atoms with E-state index in [1.165, 1.54) is 19.3 Å². The maximum absolute atomic E-state index is 5.54. The number of hydrogen-bond acceptors (Lipinski definition) is 1. The van der Waals surface area contributed by atoms with E-state index in [-0.39, 0.29) is 0 Å². The fourth-order valence-electron chi connectivity index (χ4n) is 2.39. The van der Waals surface area contributed by atoms with Gasteiger partial charge in [0.25, 0.3) is 0 Å². The van der Waals surface area contributed by atoms with Gasteiger partial charge in [-0.15, -0.1) is 0 Å². The molecule has 0 heterocycles. The van der Waals surface area contributed by atoms with Crippen LogP contribution in [0.15, 0.2) is 0 Å². The molecule has 0 N–H and O–H groups in total. The fourth-order valence-corrected chi connectivity index (χ4v) is 2.39. The van der Waals surface area contributed by atoms with E-state index >= 15 is 0 Å². The zero-order valence-electron chi connectivity index (χ0n) is 8.84. The maximum atomic E-state index is 5.54. The second-order valence-electron chi connectivity index (χ2n) is 4.60. The maximum Gasteiger partial charge on any atom is 0.0604 e. The van der Waals surface area contributed by atoms with Crippen molar-refractivity contribution in [3.05, 3.63) is 0 Å². The molecule has 12 heavy (non-hydrogen) atoms. The fraction of sp³-hybridized carbons (Fsp3) is 1.00. The summed E-state index contributed by atoms with van der Waals surface area (Å²) in [6.07, 6.45) is 4.54. The topological polar surface area (TPSA) is 9.23 Å². The van der Waals surface area contributed by atoms with Gasteiger partial charge in [-0.3, -0.25) is 0 Å². The summed E-state index contributed by atoms with van der Waals surface area (Å²) in [4.78, 5) is 0. The highest BCUT2D eigenvalue weighted by Gasteiger charge is 2.30. The van der Waals surface area contributed by atoms with Crippen LogP contribution < -0.4 is 0 Å². The molecule has 0 saturated heterocycles. The van der Waals surface area contributed by atoms with Gasteiger partial charge < -0.3 is 4.74 Å². The monoisotopic (exact) mass is 170 g/mol. The van der Waals surface area contributed by atoms with Gasteiger partial charge in [0, 0.05) is 7.11 Å². The lowest BCUT2D eigenvalue weighted by atomic mass is 9.75. The van der Waals surface area contributed by atoms with Gasteiger partial charge in [-0.1, -0.05) is 27.2 Å². The lowest BCUT2D eigenvalue weighted by Gasteiger charge is -2.36. The van der Waals surface area contributed by atoms with Crippen LogP contribution in [-0.2, 0) is 4.74 Å². The Hall–Kier alpha value is -0.0400. The third kappa shape index (κ3) is 2.22. The van der Waals surface area contributed by atoms with Gasteiger partial charge in [0.1, 0.15) is 0 Å². The third-order valence-electron chi connectivity index (χ3n) is 3.26. The number of rotatable bonds is 2. The van der Waals surface area contributed by atoms with Crippen LogP contribution in [0.4, 0.5) is 0 Å². The van der Waals surface area contributed by atoms with E-state index in [1.807, 2.05) is 7.11 Å². The molecule has 0 aliphatic heterocycles. The molecule has 0 bridgehead atoms. The van der Waals surface area contributed by atoms with Crippen molar-refractivity contribution in [1.82, 2.24) is 0 Å². The smallest absolute Gasteiger partial charge is 0.0604 e. The van der Waals surface area contributed by atoms with E-state index in [2.05, 4.69) is 20.8 Å². The standard InChI is InChI=1S/C11H22O/c1-8(2)10-6-5-9(3)7-11(10)12-4/h8-11H,5-7H2,1-4H3/t9?,10?,11-/m0/s1. The molecule has 3 atom stereocenters. The Labute approximate surface area is 76.5 Å². The minimum absolute atomic E-state index is 0.522. The normalized spacial score (nSPS) is 37.2. The van der Waals surface area contributed by atoms with Crippen LogP contribution in [0.2, 0.25) is 0 Å². The van der Waals surface area contributed by atoms with Crippen molar-refractivity contribution in [3.63, 3.8) is 0 Å². The highest BCUT2D eigenvalue weighted by Crippen LogP contribution is 2.34. The lowest BCUT2D eigenvalue weighted by molar-refractivity contribution is -0.00982. The van der Waals surface area contributed by atoms with Gasteiger partial charge in [-0.25, -0.2) is 0 Å². The van der Waals surface area contributed by atoms with Crippen molar-refractivity contribution in [3.8, 4) is 0 Å². The minimum Gasteiger partial charge on any atom is -0.381 e. The van der Waals surface area contributed by atoms with Crippen molar-refractivity contribution < 1.29 is 4.74 Å². The van der Waals surface area contributed by atoms with Gasteiger partial charge in [0.05, 0.1) is 6.10 Å². The molecule has 1 nitrogen and oxygen atoms in total. The average Bonchev–Trinajstić information content (AvgIpc) is 2.03. The SMILES string of the molecule is CO[C@H]1CC(C)CCC1C(C)C. The molecule has 1 saturated carbocycles. The van der Waals surface area contributed by atoms with Crippen LogP contribution in [0.3, 0.4) is 0 Å². The van der Waals surface area contributed by atoms with Crippen molar-refractivity contribution in [2.75, 3.05) is 7.11 Å². The van der Waals surface area contributed by atoms with E-state index in [9.17, 15) is 0 Å². The van der Waals surface area contributed by atoms with Crippen LogP contribution in [0, 0.1) is 17.8 Å². The van der Waals surface area contributed by atoms with Gasteiger partial charge >= 0.3 is 0 Å². The summed E-state index contributed by atoms with van der Waals surface area (Å²) in [6, 6.07) is 0. The Kier molecular flexibility index (Phi) is 3.57. The van der Waals surface area contributed by atoms with Gasteiger partial charge in [0.2, 0.25) is 0 Å².